The summed E-state index contributed by atoms with van der Waals surface area (Å²) in [5.74, 6) is -9.29. The predicted molar refractivity (Wildman–Crippen MR) is 189 cm³/mol. The number of aromatic nitrogens is 2. The largest absolute Gasteiger partial charge is 0.496 e. The minimum absolute atomic E-state index is 0.100. The second-order valence-corrected chi connectivity index (χ2v) is 12.5. The number of ether oxygens (including phenoxy) is 1. The zero-order valence-corrected chi connectivity index (χ0v) is 28.7. The van der Waals surface area contributed by atoms with Gasteiger partial charge in [-0.1, -0.05) is 24.3 Å². The van der Waals surface area contributed by atoms with Crippen LogP contribution in [0.4, 0.5) is 17.6 Å². The summed E-state index contributed by atoms with van der Waals surface area (Å²) in [5.41, 5.74) is 1.74. The summed E-state index contributed by atoms with van der Waals surface area (Å²) in [7, 11) is 1.46. The van der Waals surface area contributed by atoms with Crippen molar-refractivity contribution in [3.8, 4) is 5.75 Å². The molecule has 4 aromatic carbocycles. The number of nitrogens with one attached hydrogen (secondary N) is 1. The number of carbonyl (C=O) groups is 4. The first-order valence-electron chi connectivity index (χ1n) is 16.4. The molecule has 9 nitrogen and oxygen atoms in total. The number of H-pyrrole nitrogens is 1. The molecule has 6 rings (SSSR count). The van der Waals surface area contributed by atoms with Crippen molar-refractivity contribution in [2.45, 2.75) is 44.6 Å². The number of aromatic amines is 1. The predicted octanol–water partition coefficient (Wildman–Crippen LogP) is 8.84. The number of nitrogens with zero attached hydrogens (tertiary/aromatic N) is 1. The van der Waals surface area contributed by atoms with E-state index in [2.05, 4.69) is 4.98 Å². The summed E-state index contributed by atoms with van der Waals surface area (Å²) < 4.78 is 61.1. The van der Waals surface area contributed by atoms with E-state index in [0.29, 0.717) is 39.9 Å². The molecule has 0 fully saturated rings. The van der Waals surface area contributed by atoms with E-state index in [1.54, 1.807) is 30.5 Å². The molecule has 0 aliphatic carbocycles. The molecule has 0 saturated carbocycles. The van der Waals surface area contributed by atoms with Crippen LogP contribution in [-0.2, 0) is 9.59 Å². The maximum atomic E-state index is 13.9. The van der Waals surface area contributed by atoms with Gasteiger partial charge >= 0.3 is 11.9 Å². The Bertz CT molecular complexity index is 2350. The third-order valence-corrected chi connectivity index (χ3v) is 8.83. The Hall–Kier alpha value is -6.24. The van der Waals surface area contributed by atoms with E-state index in [0.717, 1.165) is 35.2 Å². The van der Waals surface area contributed by atoms with Gasteiger partial charge < -0.3 is 24.5 Å². The standard InChI is InChI=1S/C21H19F2NO3.C19H15F2NO4/c1-12(2)24-11-17(14-5-3-4-6-19(14)24)16(21(26)27)10-20(25)15-8-7-13(22)9-18(15)23;1-26-17-4-2-3-15-18(17)13(9-22-15)12(19(24)25)8-16(23)11-6-5-10(20)7-14(11)21/h3-9,11-12,16H,10H2,1-2H3,(H,26,27);2-7,9,12,22H,8H2,1H3,(H,24,25). The average Bonchev–Trinajstić information content (AvgIpc) is 3.72. The van der Waals surface area contributed by atoms with Crippen LogP contribution in [0.1, 0.15) is 76.4 Å². The molecule has 0 saturated heterocycles. The number of ketones is 2. The average molecular weight is 731 g/mol. The van der Waals surface area contributed by atoms with Crippen molar-refractivity contribution < 1.29 is 51.7 Å². The number of aliphatic carboxylic acids is 2. The molecule has 6 aromatic rings. The molecule has 2 heterocycles. The normalized spacial score (nSPS) is 12.3. The van der Waals surface area contributed by atoms with Crippen molar-refractivity contribution in [3.63, 3.8) is 0 Å². The van der Waals surface area contributed by atoms with Crippen LogP contribution in [0.25, 0.3) is 21.8 Å². The Balaban J connectivity index is 0.000000204. The van der Waals surface area contributed by atoms with Gasteiger partial charge in [-0.05, 0) is 67.4 Å². The topological polar surface area (TPSA) is 139 Å². The molecule has 53 heavy (non-hydrogen) atoms. The van der Waals surface area contributed by atoms with Crippen molar-refractivity contribution in [3.05, 3.63) is 137 Å². The van der Waals surface area contributed by atoms with E-state index in [1.165, 1.54) is 13.3 Å². The zero-order chi connectivity index (χ0) is 38.6. The van der Waals surface area contributed by atoms with Gasteiger partial charge in [0.05, 0.1) is 30.1 Å². The number of carboxylic acid groups (broad SMARTS) is 2. The molecule has 0 amide bonds. The van der Waals surface area contributed by atoms with E-state index in [9.17, 15) is 47.0 Å². The van der Waals surface area contributed by atoms with Crippen molar-refractivity contribution >= 4 is 45.3 Å². The molecule has 3 N–H and O–H groups in total. The minimum atomic E-state index is -1.23. The molecule has 0 spiro atoms. The van der Waals surface area contributed by atoms with Crippen molar-refractivity contribution in [1.82, 2.24) is 9.55 Å². The fourth-order valence-corrected chi connectivity index (χ4v) is 6.24. The molecular formula is C40H34F4N2O7. The molecule has 0 aliphatic rings. The lowest BCUT2D eigenvalue weighted by atomic mass is 9.91. The van der Waals surface area contributed by atoms with Crippen LogP contribution in [0, 0.1) is 23.3 Å². The molecule has 2 unspecified atom stereocenters. The van der Waals surface area contributed by atoms with E-state index in [1.807, 2.05) is 36.6 Å². The number of methoxy groups -OCH3 is 1. The highest BCUT2D eigenvalue weighted by atomic mass is 19.1. The van der Waals surface area contributed by atoms with Crippen LogP contribution >= 0.6 is 0 Å². The lowest BCUT2D eigenvalue weighted by Gasteiger charge is -2.13. The van der Waals surface area contributed by atoms with Crippen molar-refractivity contribution in [2.75, 3.05) is 7.11 Å². The lowest BCUT2D eigenvalue weighted by molar-refractivity contribution is -0.139. The number of carbonyl (C=O) groups excluding carboxylic acids is 2. The summed E-state index contributed by atoms with van der Waals surface area (Å²) in [6, 6.07) is 17.9. The molecule has 0 bridgehead atoms. The highest BCUT2D eigenvalue weighted by Crippen LogP contribution is 2.36. The highest BCUT2D eigenvalue weighted by Gasteiger charge is 2.30. The Kier molecular flexibility index (Phi) is 11.5. The summed E-state index contributed by atoms with van der Waals surface area (Å²) in [5, 5.41) is 20.6. The second kappa shape index (κ2) is 16.0. The summed E-state index contributed by atoms with van der Waals surface area (Å²) in [6.45, 7) is 3.95. The first-order chi connectivity index (χ1) is 25.2. The molecule has 0 radical (unpaired) electrons. The molecule has 13 heteroatoms. The Morgan fingerprint density at radius 2 is 1.28 bits per heavy atom. The maximum absolute atomic E-state index is 13.9. The number of Topliss-reactive ketones (excluding diaryl/α,β-unsaturated/α-hetero) is 2. The number of hydrogen-bond acceptors (Lipinski definition) is 5. The van der Waals surface area contributed by atoms with Crippen molar-refractivity contribution in [2.24, 2.45) is 0 Å². The van der Waals surface area contributed by atoms with E-state index < -0.39 is 71.5 Å². The number of hydrogen-bond donors (Lipinski definition) is 3. The van der Waals surface area contributed by atoms with Gasteiger partial charge in [0, 0.05) is 65.2 Å². The number of benzene rings is 4. The molecule has 274 valence electrons. The monoisotopic (exact) mass is 730 g/mol. The van der Waals surface area contributed by atoms with Gasteiger partial charge in [-0.2, -0.15) is 0 Å². The number of carboxylic acids is 2. The Morgan fingerprint density at radius 1 is 0.736 bits per heavy atom. The fourth-order valence-electron chi connectivity index (χ4n) is 6.24. The number of halogens is 4. The number of para-hydroxylation sites is 1. The van der Waals surface area contributed by atoms with Crippen molar-refractivity contribution in [1.29, 1.82) is 0 Å². The Labute approximate surface area is 300 Å². The maximum Gasteiger partial charge on any atom is 0.311 e. The van der Waals surface area contributed by atoms with Gasteiger partial charge in [-0.15, -0.1) is 0 Å². The van der Waals surface area contributed by atoms with E-state index in [4.69, 9.17) is 4.74 Å². The van der Waals surface area contributed by atoms with Crippen LogP contribution in [0.2, 0.25) is 0 Å². The van der Waals surface area contributed by atoms with Gasteiger partial charge in [0.15, 0.2) is 11.6 Å². The van der Waals surface area contributed by atoms with Crippen LogP contribution in [-0.4, -0.2) is 50.4 Å². The first kappa shape index (κ1) is 38.0. The van der Waals surface area contributed by atoms with E-state index in [-0.39, 0.29) is 17.2 Å². The minimum Gasteiger partial charge on any atom is -0.496 e. The fraction of sp³-hybridized carbons (Fsp3) is 0.200. The highest BCUT2D eigenvalue weighted by molar-refractivity contribution is 6.02. The molecular weight excluding hydrogens is 696 g/mol. The summed E-state index contributed by atoms with van der Waals surface area (Å²) >= 11 is 0. The second-order valence-electron chi connectivity index (χ2n) is 12.5. The number of rotatable bonds is 12. The third kappa shape index (κ3) is 8.14. The molecule has 2 atom stereocenters. The first-order valence-corrected chi connectivity index (χ1v) is 16.4. The van der Waals surface area contributed by atoms with Crippen LogP contribution in [0.3, 0.4) is 0 Å². The molecule has 2 aromatic heterocycles. The SMILES string of the molecule is CC(C)n1cc(C(CC(=O)c2ccc(F)cc2F)C(=O)O)c2ccccc21.COc1cccc2[nH]cc(C(CC(=O)c3ccc(F)cc3F)C(=O)O)c12. The zero-order valence-electron chi connectivity index (χ0n) is 28.7. The van der Waals surface area contributed by atoms with Gasteiger partial charge in [0.2, 0.25) is 0 Å². The van der Waals surface area contributed by atoms with Crippen LogP contribution < -0.4 is 4.74 Å². The summed E-state index contributed by atoms with van der Waals surface area (Å²) in [6.07, 6.45) is 2.36. The molecule has 0 aliphatic heterocycles. The van der Waals surface area contributed by atoms with Crippen LogP contribution in [0.15, 0.2) is 91.3 Å². The van der Waals surface area contributed by atoms with Gasteiger partial charge in [-0.3, -0.25) is 19.2 Å². The third-order valence-electron chi connectivity index (χ3n) is 8.83. The smallest absolute Gasteiger partial charge is 0.311 e. The van der Waals surface area contributed by atoms with E-state index >= 15 is 0 Å². The van der Waals surface area contributed by atoms with Gasteiger partial charge in [0.1, 0.15) is 29.0 Å². The number of fused-ring (bicyclic) bond motifs is 2. The quantitative estimate of drug-likeness (QED) is 0.0845. The van der Waals surface area contributed by atoms with Gasteiger partial charge in [0.25, 0.3) is 0 Å². The Morgan fingerprint density at radius 3 is 1.79 bits per heavy atom. The van der Waals surface area contributed by atoms with Crippen LogP contribution in [0.5, 0.6) is 5.75 Å². The summed E-state index contributed by atoms with van der Waals surface area (Å²) in [4.78, 5) is 51.6. The lowest BCUT2D eigenvalue weighted by Crippen LogP contribution is -2.17. The van der Waals surface area contributed by atoms with Gasteiger partial charge in [-0.25, -0.2) is 17.6 Å².